The highest BCUT2D eigenvalue weighted by molar-refractivity contribution is 7.92. The van der Waals surface area contributed by atoms with Crippen LogP contribution in [0, 0.1) is 0 Å². The molecule has 7 nitrogen and oxygen atoms in total. The zero-order valence-corrected chi connectivity index (χ0v) is 21.6. The molecule has 1 N–H and O–H groups in total. The molecule has 0 aliphatic heterocycles. The molecule has 0 spiro atoms. The van der Waals surface area contributed by atoms with Gasteiger partial charge in [-0.15, -0.1) is 0 Å². The number of benzene rings is 2. The first kappa shape index (κ1) is 27.2. The Balaban J connectivity index is 2.19. The van der Waals surface area contributed by atoms with Crippen LogP contribution >= 0.6 is 34.8 Å². The second-order valence-electron chi connectivity index (χ2n) is 7.44. The summed E-state index contributed by atoms with van der Waals surface area (Å²) < 4.78 is 25.9. The molecule has 180 valence electrons. The van der Waals surface area contributed by atoms with Crippen molar-refractivity contribution in [2.24, 2.45) is 0 Å². The lowest BCUT2D eigenvalue weighted by molar-refractivity contribution is -0.140. The van der Waals surface area contributed by atoms with Gasteiger partial charge in [0.25, 0.3) is 0 Å². The van der Waals surface area contributed by atoms with E-state index >= 15 is 0 Å². The van der Waals surface area contributed by atoms with Crippen molar-refractivity contribution in [1.82, 2.24) is 10.2 Å². The number of halogens is 3. The highest BCUT2D eigenvalue weighted by Gasteiger charge is 2.27. The molecule has 33 heavy (non-hydrogen) atoms. The van der Waals surface area contributed by atoms with Crippen molar-refractivity contribution in [1.29, 1.82) is 0 Å². The Bertz CT molecular complexity index is 1110. The van der Waals surface area contributed by atoms with Crippen molar-refractivity contribution >= 4 is 62.3 Å². The minimum Gasteiger partial charge on any atom is -0.357 e. The molecule has 0 radical (unpaired) electrons. The molecule has 0 bridgehead atoms. The van der Waals surface area contributed by atoms with Crippen LogP contribution in [0.2, 0.25) is 15.1 Å². The summed E-state index contributed by atoms with van der Waals surface area (Å²) in [5.74, 6) is -0.629. The van der Waals surface area contributed by atoms with E-state index < -0.39 is 16.1 Å². The minimum atomic E-state index is -3.68. The van der Waals surface area contributed by atoms with Gasteiger partial charge in [0.1, 0.15) is 6.04 Å². The highest BCUT2D eigenvalue weighted by Crippen LogP contribution is 2.31. The molecule has 1 atom stereocenters. The quantitative estimate of drug-likeness (QED) is 0.491. The topological polar surface area (TPSA) is 86.8 Å². The Labute approximate surface area is 209 Å². The number of carbonyl (C=O) groups is 2. The van der Waals surface area contributed by atoms with Gasteiger partial charge in [0.2, 0.25) is 21.8 Å². The minimum absolute atomic E-state index is 0.00991. The molecule has 2 aromatic rings. The first-order chi connectivity index (χ1) is 15.5. The Kier molecular flexibility index (Phi) is 9.84. The first-order valence-electron chi connectivity index (χ1n) is 10.1. The summed E-state index contributed by atoms with van der Waals surface area (Å²) in [5, 5.41) is 3.60. The van der Waals surface area contributed by atoms with Crippen molar-refractivity contribution in [3.63, 3.8) is 0 Å². The van der Waals surface area contributed by atoms with Gasteiger partial charge in [0.05, 0.1) is 17.0 Å². The normalized spacial score (nSPS) is 12.2. The third-order valence-corrected chi connectivity index (χ3v) is 7.14. The Morgan fingerprint density at radius 3 is 2.33 bits per heavy atom. The van der Waals surface area contributed by atoms with E-state index in [1.54, 1.807) is 37.3 Å². The van der Waals surface area contributed by atoms with Gasteiger partial charge in [-0.3, -0.25) is 13.9 Å². The molecule has 0 aliphatic rings. The van der Waals surface area contributed by atoms with Gasteiger partial charge in [-0.25, -0.2) is 8.42 Å². The Hall–Kier alpha value is -2.00. The predicted octanol–water partition coefficient (Wildman–Crippen LogP) is 4.36. The second-order valence-corrected chi connectivity index (χ2v) is 10.6. The molecule has 0 heterocycles. The Morgan fingerprint density at radius 2 is 1.73 bits per heavy atom. The van der Waals surface area contributed by atoms with Gasteiger partial charge in [0.15, 0.2) is 0 Å². The molecule has 0 saturated carbocycles. The number of hydrogen-bond donors (Lipinski definition) is 1. The van der Waals surface area contributed by atoms with Crippen molar-refractivity contribution < 1.29 is 18.0 Å². The fourth-order valence-corrected chi connectivity index (χ4v) is 4.86. The first-order valence-corrected chi connectivity index (χ1v) is 13.1. The monoisotopic (exact) mass is 533 g/mol. The van der Waals surface area contributed by atoms with Crippen LogP contribution in [-0.2, 0) is 26.2 Å². The van der Waals surface area contributed by atoms with Crippen LogP contribution in [0.25, 0.3) is 0 Å². The number of likely N-dealkylation sites (N-methyl/N-ethyl adjacent to an activating group) is 1. The van der Waals surface area contributed by atoms with Gasteiger partial charge in [-0.1, -0.05) is 53.0 Å². The summed E-state index contributed by atoms with van der Waals surface area (Å²) in [5.41, 5.74) is 0.942. The lowest BCUT2D eigenvalue weighted by Crippen LogP contribution is -2.46. The number of amides is 2. The summed E-state index contributed by atoms with van der Waals surface area (Å²) in [6.07, 6.45) is 1.27. The molecule has 0 aliphatic carbocycles. The Morgan fingerprint density at radius 1 is 1.06 bits per heavy atom. The molecule has 0 aromatic heterocycles. The molecule has 2 aromatic carbocycles. The summed E-state index contributed by atoms with van der Waals surface area (Å²) in [6, 6.07) is 10.9. The number of hydrogen-bond acceptors (Lipinski definition) is 4. The van der Waals surface area contributed by atoms with Gasteiger partial charge in [-0.2, -0.15) is 0 Å². The SMILES string of the molecule is CNC(=O)[C@@H](C)N(Cc1ccccc1Cl)C(=O)CCCN(c1cc(Cl)ccc1Cl)S(C)(=O)=O. The molecule has 2 rings (SSSR count). The van der Waals surface area contributed by atoms with Gasteiger partial charge < -0.3 is 10.2 Å². The standard InChI is InChI=1S/C22H26Cl3N3O4S/c1-15(22(30)26-2)27(14-16-7-4-5-8-18(16)24)21(29)9-6-12-28(33(3,31)32)20-13-17(23)10-11-19(20)25/h4-5,7-8,10-11,13,15H,6,9,12,14H2,1-3H3,(H,26,30)/t15-/m1/s1. The fraction of sp³-hybridized carbons (Fsp3) is 0.364. The van der Waals surface area contributed by atoms with E-state index in [-0.39, 0.29) is 48.5 Å². The fourth-order valence-electron chi connectivity index (χ4n) is 3.26. The van der Waals surface area contributed by atoms with Crippen LogP contribution in [0.3, 0.4) is 0 Å². The number of rotatable bonds is 10. The summed E-state index contributed by atoms with van der Waals surface area (Å²) in [7, 11) is -2.18. The van der Waals surface area contributed by atoms with E-state index in [1.807, 2.05) is 0 Å². The zero-order valence-electron chi connectivity index (χ0n) is 18.5. The third-order valence-electron chi connectivity index (χ3n) is 5.04. The van der Waals surface area contributed by atoms with Gasteiger partial charge in [-0.05, 0) is 43.2 Å². The molecule has 0 fully saturated rings. The molecule has 11 heteroatoms. The summed E-state index contributed by atoms with van der Waals surface area (Å²) >= 11 is 18.5. The highest BCUT2D eigenvalue weighted by atomic mass is 35.5. The molecule has 0 unspecified atom stereocenters. The zero-order chi connectivity index (χ0) is 24.8. The van der Waals surface area contributed by atoms with E-state index in [4.69, 9.17) is 34.8 Å². The van der Waals surface area contributed by atoms with Crippen molar-refractivity contribution in [2.75, 3.05) is 24.2 Å². The van der Waals surface area contributed by atoms with Crippen LogP contribution in [0.4, 0.5) is 5.69 Å². The number of carbonyl (C=O) groups excluding carboxylic acids is 2. The average Bonchev–Trinajstić information content (AvgIpc) is 2.76. The van der Waals surface area contributed by atoms with Crippen LogP contribution < -0.4 is 9.62 Å². The lowest BCUT2D eigenvalue weighted by atomic mass is 10.1. The van der Waals surface area contributed by atoms with Crippen LogP contribution in [0.15, 0.2) is 42.5 Å². The summed E-state index contributed by atoms with van der Waals surface area (Å²) in [4.78, 5) is 26.8. The van der Waals surface area contributed by atoms with Crippen molar-refractivity contribution in [3.05, 3.63) is 63.1 Å². The van der Waals surface area contributed by atoms with E-state index in [2.05, 4.69) is 5.32 Å². The number of sulfonamides is 1. The van der Waals surface area contributed by atoms with E-state index in [0.29, 0.717) is 15.6 Å². The van der Waals surface area contributed by atoms with Gasteiger partial charge in [0, 0.05) is 36.6 Å². The molecular weight excluding hydrogens is 509 g/mol. The number of anilines is 1. The van der Waals surface area contributed by atoms with E-state index in [0.717, 1.165) is 10.6 Å². The van der Waals surface area contributed by atoms with Gasteiger partial charge >= 0.3 is 0 Å². The maximum atomic E-state index is 13.1. The largest absolute Gasteiger partial charge is 0.357 e. The lowest BCUT2D eigenvalue weighted by Gasteiger charge is -2.29. The number of nitrogens with zero attached hydrogens (tertiary/aromatic N) is 2. The molecule has 2 amide bonds. The smallest absolute Gasteiger partial charge is 0.242 e. The molecule has 0 saturated heterocycles. The maximum absolute atomic E-state index is 13.1. The average molecular weight is 535 g/mol. The predicted molar refractivity (Wildman–Crippen MR) is 133 cm³/mol. The van der Waals surface area contributed by atoms with Crippen LogP contribution in [-0.4, -0.2) is 51.0 Å². The summed E-state index contributed by atoms with van der Waals surface area (Å²) in [6.45, 7) is 1.78. The van der Waals surface area contributed by atoms with Crippen LogP contribution in [0.1, 0.15) is 25.3 Å². The van der Waals surface area contributed by atoms with Crippen molar-refractivity contribution in [3.8, 4) is 0 Å². The maximum Gasteiger partial charge on any atom is 0.242 e. The van der Waals surface area contributed by atoms with E-state index in [9.17, 15) is 18.0 Å². The third kappa shape index (κ3) is 7.50. The second kappa shape index (κ2) is 11.9. The van der Waals surface area contributed by atoms with Crippen molar-refractivity contribution in [2.45, 2.75) is 32.4 Å². The van der Waals surface area contributed by atoms with E-state index in [1.165, 1.54) is 24.1 Å². The number of nitrogens with one attached hydrogen (secondary N) is 1. The van der Waals surface area contributed by atoms with Crippen LogP contribution in [0.5, 0.6) is 0 Å². The molecular formula is C22H26Cl3N3O4S.